The van der Waals surface area contributed by atoms with E-state index in [2.05, 4.69) is 5.16 Å². The van der Waals surface area contributed by atoms with Crippen LogP contribution in [-0.4, -0.2) is 10.9 Å². The Balaban J connectivity index is 3.01. The van der Waals surface area contributed by atoms with Crippen LogP contribution in [0.4, 0.5) is 0 Å². The number of Topliss-reactive ketones (excluding diaryl/α,β-unsaturated/α-hetero) is 1. The second kappa shape index (κ2) is 3.47. The molecule has 1 heterocycles. The first kappa shape index (κ1) is 12.0. The van der Waals surface area contributed by atoms with Crippen LogP contribution in [0.1, 0.15) is 57.8 Å². The molecule has 1 aromatic heterocycles. The average Bonchev–Trinajstić information content (AvgIpc) is 2.47. The van der Waals surface area contributed by atoms with Crippen molar-refractivity contribution in [3.05, 3.63) is 17.5 Å². The van der Waals surface area contributed by atoms with Crippen LogP contribution in [0.2, 0.25) is 0 Å². The Labute approximate surface area is 90.8 Å². The first-order valence-corrected chi connectivity index (χ1v) is 5.14. The lowest BCUT2D eigenvalue weighted by molar-refractivity contribution is 0.0848. The molecule has 0 saturated heterocycles. The van der Waals surface area contributed by atoms with Crippen molar-refractivity contribution in [3.63, 3.8) is 0 Å². The van der Waals surface area contributed by atoms with Crippen molar-refractivity contribution in [2.75, 3.05) is 0 Å². The zero-order valence-corrected chi connectivity index (χ0v) is 10.3. The fourth-order valence-corrected chi connectivity index (χ4v) is 1.12. The van der Waals surface area contributed by atoms with E-state index in [4.69, 9.17) is 4.52 Å². The van der Waals surface area contributed by atoms with E-state index in [9.17, 15) is 4.79 Å². The van der Waals surface area contributed by atoms with Crippen molar-refractivity contribution < 1.29 is 9.32 Å². The van der Waals surface area contributed by atoms with Crippen molar-refractivity contribution >= 4 is 5.78 Å². The quantitative estimate of drug-likeness (QED) is 0.667. The Kier molecular flexibility index (Phi) is 2.77. The Bertz CT molecular complexity index is 364. The van der Waals surface area contributed by atoms with E-state index in [1.807, 2.05) is 41.5 Å². The normalized spacial score (nSPS) is 12.9. The van der Waals surface area contributed by atoms with E-state index in [1.54, 1.807) is 6.07 Å². The minimum absolute atomic E-state index is 0.0155. The highest BCUT2D eigenvalue weighted by Crippen LogP contribution is 2.26. The summed E-state index contributed by atoms with van der Waals surface area (Å²) in [5.74, 6) is 0.761. The summed E-state index contributed by atoms with van der Waals surface area (Å²) in [4.78, 5) is 11.9. The number of ketones is 1. The van der Waals surface area contributed by atoms with Gasteiger partial charge in [0, 0.05) is 16.9 Å². The van der Waals surface area contributed by atoms with Crippen LogP contribution in [-0.2, 0) is 5.41 Å². The number of carbonyl (C=O) groups excluding carboxylic acids is 1. The van der Waals surface area contributed by atoms with Crippen molar-refractivity contribution in [2.24, 2.45) is 5.41 Å². The Hall–Kier alpha value is -1.12. The Morgan fingerprint density at radius 1 is 1.20 bits per heavy atom. The third-order valence-electron chi connectivity index (χ3n) is 2.16. The van der Waals surface area contributed by atoms with Crippen LogP contribution in [0.3, 0.4) is 0 Å². The number of aromatic nitrogens is 1. The topological polar surface area (TPSA) is 43.1 Å². The largest absolute Gasteiger partial charge is 0.360 e. The van der Waals surface area contributed by atoms with E-state index < -0.39 is 5.41 Å². The van der Waals surface area contributed by atoms with Gasteiger partial charge in [-0.2, -0.15) is 0 Å². The maximum atomic E-state index is 11.9. The predicted octanol–water partition coefficient (Wildman–Crippen LogP) is 3.20. The molecule has 3 nitrogen and oxygen atoms in total. The first-order chi connectivity index (χ1) is 6.62. The molecular weight excluding hydrogens is 190 g/mol. The van der Waals surface area contributed by atoms with Crippen molar-refractivity contribution in [1.29, 1.82) is 0 Å². The van der Waals surface area contributed by atoms with E-state index in [-0.39, 0.29) is 11.2 Å². The lowest BCUT2D eigenvalue weighted by atomic mass is 9.87. The van der Waals surface area contributed by atoms with Crippen molar-refractivity contribution in [1.82, 2.24) is 5.16 Å². The molecule has 0 aliphatic heterocycles. The second-order valence-electron chi connectivity index (χ2n) is 5.91. The molecule has 0 aliphatic carbocycles. The molecule has 0 saturated carbocycles. The fourth-order valence-electron chi connectivity index (χ4n) is 1.12. The molecule has 84 valence electrons. The van der Waals surface area contributed by atoms with Gasteiger partial charge >= 0.3 is 0 Å². The highest BCUT2D eigenvalue weighted by molar-refractivity contribution is 5.98. The molecule has 3 heteroatoms. The van der Waals surface area contributed by atoms with Gasteiger partial charge in [-0.15, -0.1) is 0 Å². The molecule has 0 N–H and O–H groups in total. The minimum Gasteiger partial charge on any atom is -0.360 e. The van der Waals surface area contributed by atoms with Crippen molar-refractivity contribution in [3.8, 4) is 0 Å². The number of hydrogen-bond donors (Lipinski definition) is 0. The van der Waals surface area contributed by atoms with Crippen LogP contribution >= 0.6 is 0 Å². The highest BCUT2D eigenvalue weighted by atomic mass is 16.5. The average molecular weight is 209 g/mol. The molecule has 0 radical (unpaired) electrons. The summed E-state index contributed by atoms with van der Waals surface area (Å²) in [7, 11) is 0. The monoisotopic (exact) mass is 209 g/mol. The predicted molar refractivity (Wildman–Crippen MR) is 59.0 cm³/mol. The molecule has 0 amide bonds. The SMILES string of the molecule is CC(C)(C)C(=O)c1cc(C(C)(C)C)on1. The Morgan fingerprint density at radius 2 is 1.73 bits per heavy atom. The summed E-state index contributed by atoms with van der Waals surface area (Å²) >= 11 is 0. The van der Waals surface area contributed by atoms with Gasteiger partial charge in [0.25, 0.3) is 0 Å². The first-order valence-electron chi connectivity index (χ1n) is 5.14. The molecular formula is C12H19NO2. The summed E-state index contributed by atoms with van der Waals surface area (Å²) < 4.78 is 5.17. The van der Waals surface area contributed by atoms with Gasteiger partial charge in [-0.3, -0.25) is 4.79 Å². The van der Waals surface area contributed by atoms with Gasteiger partial charge in [-0.25, -0.2) is 0 Å². The van der Waals surface area contributed by atoms with Crippen LogP contribution in [0.5, 0.6) is 0 Å². The Morgan fingerprint density at radius 3 is 2.07 bits per heavy atom. The lowest BCUT2D eigenvalue weighted by Gasteiger charge is -2.14. The zero-order chi connectivity index (χ0) is 11.9. The standard InChI is InChI=1S/C12H19NO2/c1-11(2,3)9-7-8(13-15-9)10(14)12(4,5)6/h7H,1-6H3. The summed E-state index contributed by atoms with van der Waals surface area (Å²) in [6.45, 7) is 11.7. The molecule has 1 rings (SSSR count). The minimum atomic E-state index is -0.411. The number of rotatable bonds is 1. The molecule has 0 fully saturated rings. The smallest absolute Gasteiger partial charge is 0.190 e. The molecule has 0 bridgehead atoms. The highest BCUT2D eigenvalue weighted by Gasteiger charge is 2.28. The van der Waals surface area contributed by atoms with Gasteiger partial charge in [-0.05, 0) is 0 Å². The molecule has 15 heavy (non-hydrogen) atoms. The van der Waals surface area contributed by atoms with E-state index in [1.165, 1.54) is 0 Å². The molecule has 0 unspecified atom stereocenters. The van der Waals surface area contributed by atoms with Gasteiger partial charge in [0.2, 0.25) is 0 Å². The zero-order valence-electron chi connectivity index (χ0n) is 10.3. The number of nitrogens with zero attached hydrogens (tertiary/aromatic N) is 1. The molecule has 0 spiro atoms. The van der Waals surface area contributed by atoms with E-state index in [0.717, 1.165) is 5.76 Å². The molecule has 1 aromatic rings. The molecule has 0 aliphatic rings. The van der Waals surface area contributed by atoms with Gasteiger partial charge in [-0.1, -0.05) is 46.7 Å². The van der Waals surface area contributed by atoms with Gasteiger partial charge in [0.05, 0.1) is 0 Å². The molecule has 0 aromatic carbocycles. The van der Waals surface area contributed by atoms with Gasteiger partial charge in [0.15, 0.2) is 5.78 Å². The maximum Gasteiger partial charge on any atom is 0.190 e. The summed E-state index contributed by atoms with van der Waals surface area (Å²) in [6, 6.07) is 1.74. The maximum absolute atomic E-state index is 11.9. The van der Waals surface area contributed by atoms with Crippen LogP contribution in [0.25, 0.3) is 0 Å². The third kappa shape index (κ3) is 2.67. The number of hydrogen-bond acceptors (Lipinski definition) is 3. The summed E-state index contributed by atoms with van der Waals surface area (Å²) in [6.07, 6.45) is 0. The van der Waals surface area contributed by atoms with Crippen LogP contribution in [0, 0.1) is 5.41 Å². The van der Waals surface area contributed by atoms with Crippen LogP contribution in [0.15, 0.2) is 10.6 Å². The van der Waals surface area contributed by atoms with Crippen LogP contribution < -0.4 is 0 Å². The van der Waals surface area contributed by atoms with Crippen molar-refractivity contribution in [2.45, 2.75) is 47.0 Å². The van der Waals surface area contributed by atoms with E-state index in [0.29, 0.717) is 5.69 Å². The van der Waals surface area contributed by atoms with Gasteiger partial charge < -0.3 is 4.52 Å². The van der Waals surface area contributed by atoms with Gasteiger partial charge in [0.1, 0.15) is 11.5 Å². The third-order valence-corrected chi connectivity index (χ3v) is 2.16. The second-order valence-corrected chi connectivity index (χ2v) is 5.91. The lowest BCUT2D eigenvalue weighted by Crippen LogP contribution is -2.20. The number of carbonyl (C=O) groups is 1. The molecule has 0 atom stereocenters. The summed E-state index contributed by atoms with van der Waals surface area (Å²) in [5, 5.41) is 3.82. The summed E-state index contributed by atoms with van der Waals surface area (Å²) in [5.41, 5.74) is -0.0949. The van der Waals surface area contributed by atoms with E-state index >= 15 is 0 Å². The fraction of sp³-hybridized carbons (Fsp3) is 0.667.